The lowest BCUT2D eigenvalue weighted by Gasteiger charge is -2.49. The van der Waals surface area contributed by atoms with Crippen LogP contribution >= 0.6 is 0 Å². The molecule has 3 aliphatic carbocycles. The molecule has 5 heteroatoms. The number of aromatic nitrogens is 2. The first kappa shape index (κ1) is 17.2. The number of nitrogens with zero attached hydrogens (tertiary/aromatic N) is 2. The molecule has 0 saturated heterocycles. The number of ether oxygens (including phenoxy) is 1. The van der Waals surface area contributed by atoms with Gasteiger partial charge in [0.05, 0.1) is 11.1 Å². The van der Waals surface area contributed by atoms with Gasteiger partial charge in [0.1, 0.15) is 5.60 Å². The molecule has 1 aromatic heterocycles. The first-order valence-electron chi connectivity index (χ1n) is 8.74. The molecule has 0 atom stereocenters. The predicted molar refractivity (Wildman–Crippen MR) is 94.3 cm³/mol. The minimum absolute atomic E-state index is 0.117. The zero-order valence-corrected chi connectivity index (χ0v) is 15.7. The second-order valence-electron chi connectivity index (χ2n) is 8.54. The van der Waals surface area contributed by atoms with Gasteiger partial charge in [-0.15, -0.1) is 0 Å². The van der Waals surface area contributed by atoms with Gasteiger partial charge in [0.15, 0.2) is 0 Å². The maximum absolute atomic E-state index is 12.9. The van der Waals surface area contributed by atoms with Crippen molar-refractivity contribution in [3.8, 4) is 0 Å². The van der Waals surface area contributed by atoms with Gasteiger partial charge in [-0.25, -0.2) is 0 Å². The number of nitrogens with two attached hydrogens (primary N) is 1. The zero-order chi connectivity index (χ0) is 17.9. The summed E-state index contributed by atoms with van der Waals surface area (Å²) >= 11 is 0. The summed E-state index contributed by atoms with van der Waals surface area (Å²) in [6.07, 6.45) is 5.25. The maximum Gasteiger partial charge on any atom is 0.316 e. The van der Waals surface area contributed by atoms with E-state index in [1.807, 2.05) is 39.4 Å². The summed E-state index contributed by atoms with van der Waals surface area (Å²) in [5.74, 6) is -0.117. The van der Waals surface area contributed by atoms with E-state index in [9.17, 15) is 4.79 Å². The highest BCUT2D eigenvalue weighted by Gasteiger charge is 2.53. The van der Waals surface area contributed by atoms with E-state index in [1.165, 1.54) is 0 Å². The molecule has 1 heterocycles. The molecule has 24 heavy (non-hydrogen) atoms. The standard InChI is InChI=1S/C19H29N3O2/c1-12-15(13(2)22(6)21-12)14-11-18(16(23)24-17(3,4)5)7-9-19(14,20)10-8-18/h11H,7-10,20H2,1-6H3. The Morgan fingerprint density at radius 1 is 1.25 bits per heavy atom. The summed E-state index contributed by atoms with van der Waals surface area (Å²) in [5, 5.41) is 4.53. The maximum atomic E-state index is 12.9. The van der Waals surface area contributed by atoms with Crippen molar-refractivity contribution in [2.45, 2.75) is 71.4 Å². The number of fused-ring (bicyclic) bond motifs is 2. The van der Waals surface area contributed by atoms with Crippen LogP contribution in [0.5, 0.6) is 0 Å². The van der Waals surface area contributed by atoms with Crippen molar-refractivity contribution in [1.29, 1.82) is 0 Å². The third kappa shape index (κ3) is 2.59. The summed E-state index contributed by atoms with van der Waals surface area (Å²) in [6, 6.07) is 0. The Morgan fingerprint density at radius 2 is 1.83 bits per heavy atom. The van der Waals surface area contributed by atoms with E-state index in [4.69, 9.17) is 10.5 Å². The first-order valence-corrected chi connectivity index (χ1v) is 8.74. The zero-order valence-electron chi connectivity index (χ0n) is 15.7. The Bertz CT molecular complexity index is 714. The third-order valence-electron chi connectivity index (χ3n) is 5.58. The summed E-state index contributed by atoms with van der Waals surface area (Å²) in [4.78, 5) is 12.9. The second-order valence-corrected chi connectivity index (χ2v) is 8.54. The van der Waals surface area contributed by atoms with E-state index in [0.717, 1.165) is 48.2 Å². The molecule has 0 spiro atoms. The van der Waals surface area contributed by atoms with Crippen LogP contribution in [0.25, 0.3) is 5.57 Å². The highest BCUT2D eigenvalue weighted by Crippen LogP contribution is 2.54. The molecular formula is C19H29N3O2. The van der Waals surface area contributed by atoms with Crippen LogP contribution in [-0.4, -0.2) is 26.9 Å². The van der Waals surface area contributed by atoms with Crippen molar-refractivity contribution in [2.24, 2.45) is 18.2 Å². The number of hydrogen-bond donors (Lipinski definition) is 1. The molecule has 1 aromatic rings. The fourth-order valence-corrected chi connectivity index (χ4v) is 4.10. The monoisotopic (exact) mass is 331 g/mol. The topological polar surface area (TPSA) is 70.1 Å². The van der Waals surface area contributed by atoms with Crippen LogP contribution < -0.4 is 5.73 Å². The Kier molecular flexibility index (Phi) is 3.72. The third-order valence-corrected chi connectivity index (χ3v) is 5.58. The Balaban J connectivity index is 2.09. The van der Waals surface area contributed by atoms with Crippen molar-refractivity contribution in [3.63, 3.8) is 0 Å². The molecular weight excluding hydrogens is 302 g/mol. The van der Waals surface area contributed by atoms with Crippen LogP contribution in [0.4, 0.5) is 0 Å². The molecule has 0 aliphatic heterocycles. The van der Waals surface area contributed by atoms with Crippen LogP contribution in [0.1, 0.15) is 63.4 Å². The Labute approximate surface area is 144 Å². The van der Waals surface area contributed by atoms with Crippen LogP contribution in [0.2, 0.25) is 0 Å². The molecule has 0 unspecified atom stereocenters. The van der Waals surface area contributed by atoms with Gasteiger partial charge in [-0.3, -0.25) is 9.48 Å². The van der Waals surface area contributed by atoms with Crippen molar-refractivity contribution in [3.05, 3.63) is 23.0 Å². The van der Waals surface area contributed by atoms with Crippen LogP contribution in [0.15, 0.2) is 6.08 Å². The number of rotatable bonds is 2. The summed E-state index contributed by atoms with van der Waals surface area (Å²) < 4.78 is 7.62. The van der Waals surface area contributed by atoms with Crippen molar-refractivity contribution in [2.75, 3.05) is 0 Å². The quantitative estimate of drug-likeness (QED) is 0.846. The number of carbonyl (C=O) groups is 1. The van der Waals surface area contributed by atoms with Crippen LogP contribution in [0.3, 0.4) is 0 Å². The summed E-state index contributed by atoms with van der Waals surface area (Å²) in [7, 11) is 1.94. The van der Waals surface area contributed by atoms with Crippen LogP contribution in [0, 0.1) is 19.3 Å². The van der Waals surface area contributed by atoms with E-state index in [-0.39, 0.29) is 11.5 Å². The predicted octanol–water partition coefficient (Wildman–Crippen LogP) is 3.03. The van der Waals surface area contributed by atoms with E-state index >= 15 is 0 Å². The van der Waals surface area contributed by atoms with Gasteiger partial charge in [0.2, 0.25) is 0 Å². The Morgan fingerprint density at radius 3 is 2.29 bits per heavy atom. The van der Waals surface area contributed by atoms with Gasteiger partial charge in [-0.05, 0) is 65.9 Å². The fourth-order valence-electron chi connectivity index (χ4n) is 4.10. The summed E-state index contributed by atoms with van der Waals surface area (Å²) in [5.41, 5.74) is 9.61. The number of aryl methyl sites for hydroxylation is 2. The van der Waals surface area contributed by atoms with Crippen molar-refractivity contribution >= 4 is 11.5 Å². The number of hydrogen-bond acceptors (Lipinski definition) is 4. The number of carbonyl (C=O) groups excluding carboxylic acids is 1. The van der Waals surface area contributed by atoms with Gasteiger partial charge in [-0.1, -0.05) is 6.08 Å². The highest BCUT2D eigenvalue weighted by molar-refractivity contribution is 5.88. The molecule has 0 radical (unpaired) electrons. The average Bonchev–Trinajstić information content (AvgIpc) is 2.71. The van der Waals surface area contributed by atoms with Crippen molar-refractivity contribution < 1.29 is 9.53 Å². The number of esters is 1. The summed E-state index contributed by atoms with van der Waals surface area (Å²) in [6.45, 7) is 9.82. The van der Waals surface area contributed by atoms with Gasteiger partial charge in [0.25, 0.3) is 0 Å². The normalized spacial score (nSPS) is 29.5. The Hall–Kier alpha value is -1.62. The van der Waals surface area contributed by atoms with Gasteiger partial charge >= 0.3 is 5.97 Å². The van der Waals surface area contributed by atoms with Crippen LogP contribution in [-0.2, 0) is 16.6 Å². The van der Waals surface area contributed by atoms with E-state index in [0.29, 0.717) is 0 Å². The van der Waals surface area contributed by atoms with Gasteiger partial charge < -0.3 is 10.5 Å². The SMILES string of the molecule is Cc1nn(C)c(C)c1C1=CC2(C(=O)OC(C)(C)C)CCC1(N)CC2. The second kappa shape index (κ2) is 5.19. The fraction of sp³-hybridized carbons (Fsp3) is 0.684. The lowest BCUT2D eigenvalue weighted by molar-refractivity contribution is -0.167. The van der Waals surface area contributed by atoms with Crippen molar-refractivity contribution in [1.82, 2.24) is 9.78 Å². The van der Waals surface area contributed by atoms with E-state index in [1.54, 1.807) is 0 Å². The molecule has 1 saturated carbocycles. The molecule has 2 bridgehead atoms. The van der Waals surface area contributed by atoms with Gasteiger partial charge in [-0.2, -0.15) is 5.10 Å². The smallest absolute Gasteiger partial charge is 0.316 e. The molecule has 3 aliphatic rings. The lowest BCUT2D eigenvalue weighted by Crippen LogP contribution is -2.54. The molecule has 0 amide bonds. The lowest BCUT2D eigenvalue weighted by atomic mass is 9.57. The molecule has 132 valence electrons. The van der Waals surface area contributed by atoms with E-state index < -0.39 is 11.0 Å². The van der Waals surface area contributed by atoms with Gasteiger partial charge in [0, 0.05) is 23.8 Å². The average molecular weight is 331 g/mol. The largest absolute Gasteiger partial charge is 0.459 e. The molecule has 4 rings (SSSR count). The minimum atomic E-state index is -0.543. The minimum Gasteiger partial charge on any atom is -0.459 e. The molecule has 0 aromatic carbocycles. The highest BCUT2D eigenvalue weighted by atomic mass is 16.6. The first-order chi connectivity index (χ1) is 11.0. The molecule has 1 fully saturated rings. The molecule has 5 nitrogen and oxygen atoms in total. The van der Waals surface area contributed by atoms with E-state index in [2.05, 4.69) is 18.1 Å². The molecule has 2 N–H and O–H groups in total.